The van der Waals surface area contributed by atoms with E-state index in [1.54, 1.807) is 18.2 Å². The molecule has 0 radical (unpaired) electrons. The van der Waals surface area contributed by atoms with E-state index in [1.165, 1.54) is 24.0 Å². The number of nitro benzene ring substituents is 1. The van der Waals surface area contributed by atoms with Crippen LogP contribution in [0.2, 0.25) is 0 Å². The topological polar surface area (TPSA) is 93.3 Å². The number of thioether (sulfide) groups is 1. The van der Waals surface area contributed by atoms with Crippen molar-refractivity contribution in [3.05, 3.63) is 40.6 Å². The molecule has 20 heavy (non-hydrogen) atoms. The van der Waals surface area contributed by atoms with Crippen molar-refractivity contribution in [2.24, 2.45) is 0 Å². The van der Waals surface area contributed by atoms with E-state index in [0.717, 1.165) is 4.90 Å². The minimum atomic E-state index is -0.866. The van der Waals surface area contributed by atoms with Crippen molar-refractivity contribution in [2.75, 3.05) is 0 Å². The second kappa shape index (κ2) is 5.87. The lowest BCUT2D eigenvalue weighted by Gasteiger charge is -2.10. The summed E-state index contributed by atoms with van der Waals surface area (Å²) in [5.74, 6) is -0.866. The van der Waals surface area contributed by atoms with Crippen LogP contribution in [0.25, 0.3) is 10.9 Å². The van der Waals surface area contributed by atoms with Crippen molar-refractivity contribution in [3.8, 4) is 0 Å². The molecule has 0 amide bonds. The number of carboxylic acids is 1. The maximum absolute atomic E-state index is 11.0. The van der Waals surface area contributed by atoms with Gasteiger partial charge in [-0.1, -0.05) is 19.1 Å². The van der Waals surface area contributed by atoms with E-state index in [-0.39, 0.29) is 17.4 Å². The van der Waals surface area contributed by atoms with E-state index in [2.05, 4.69) is 4.98 Å². The summed E-state index contributed by atoms with van der Waals surface area (Å²) in [6.45, 7) is 1.81. The monoisotopic (exact) mass is 292 g/mol. The van der Waals surface area contributed by atoms with Gasteiger partial charge in [0.15, 0.2) is 0 Å². The number of benzene rings is 1. The third kappa shape index (κ3) is 3.05. The van der Waals surface area contributed by atoms with Gasteiger partial charge < -0.3 is 5.11 Å². The molecule has 104 valence electrons. The Labute approximate surface area is 119 Å². The lowest BCUT2D eigenvalue weighted by molar-refractivity contribution is -0.383. The molecule has 1 aromatic carbocycles. The summed E-state index contributed by atoms with van der Waals surface area (Å²) in [6, 6.07) is 6.51. The van der Waals surface area contributed by atoms with Crippen LogP contribution in [0.5, 0.6) is 0 Å². The summed E-state index contributed by atoms with van der Waals surface area (Å²) in [5.41, 5.74) is 0.279. The van der Waals surface area contributed by atoms with Gasteiger partial charge in [0.05, 0.1) is 11.3 Å². The number of nitro groups is 1. The summed E-state index contributed by atoms with van der Waals surface area (Å²) in [4.78, 5) is 26.1. The smallest absolute Gasteiger partial charge is 0.304 e. The van der Waals surface area contributed by atoms with Gasteiger partial charge in [-0.3, -0.25) is 14.9 Å². The molecule has 2 rings (SSSR count). The first-order valence-electron chi connectivity index (χ1n) is 5.89. The van der Waals surface area contributed by atoms with E-state index < -0.39 is 10.9 Å². The Morgan fingerprint density at radius 1 is 1.50 bits per heavy atom. The molecule has 1 N–H and O–H groups in total. The van der Waals surface area contributed by atoms with Gasteiger partial charge in [-0.25, -0.2) is 4.98 Å². The number of carboxylic acid groups (broad SMARTS) is 1. The molecule has 1 aromatic heterocycles. The van der Waals surface area contributed by atoms with Crippen LogP contribution in [-0.2, 0) is 4.79 Å². The van der Waals surface area contributed by atoms with Crippen LogP contribution in [0.15, 0.2) is 35.4 Å². The number of nitrogens with zero attached hydrogens (tertiary/aromatic N) is 2. The van der Waals surface area contributed by atoms with Gasteiger partial charge >= 0.3 is 5.97 Å². The first-order chi connectivity index (χ1) is 9.49. The zero-order valence-electron chi connectivity index (χ0n) is 10.6. The second-order valence-electron chi connectivity index (χ2n) is 4.27. The number of aromatic nitrogens is 1. The highest BCUT2D eigenvalue weighted by molar-refractivity contribution is 8.00. The van der Waals surface area contributed by atoms with E-state index in [9.17, 15) is 14.9 Å². The van der Waals surface area contributed by atoms with E-state index >= 15 is 0 Å². The maximum atomic E-state index is 11.0. The number of rotatable bonds is 5. The number of aliphatic carboxylic acids is 1. The standard InChI is InChI=1S/C13H12N2O4S/c1-8(7-12(16)17)20-11-5-6-14-13-9(11)3-2-4-10(13)15(18)19/h2-6,8H,7H2,1H3,(H,16,17). The number of fused-ring (bicyclic) bond motifs is 1. The molecule has 0 bridgehead atoms. The predicted octanol–water partition coefficient (Wildman–Crippen LogP) is 3.10. The molecule has 0 aliphatic heterocycles. The molecule has 6 nitrogen and oxygen atoms in total. The van der Waals surface area contributed by atoms with Gasteiger partial charge in [0.25, 0.3) is 5.69 Å². The minimum Gasteiger partial charge on any atom is -0.481 e. The van der Waals surface area contributed by atoms with Crippen molar-refractivity contribution in [3.63, 3.8) is 0 Å². The predicted molar refractivity (Wildman–Crippen MR) is 76.0 cm³/mol. The van der Waals surface area contributed by atoms with E-state index in [1.807, 2.05) is 6.92 Å². The van der Waals surface area contributed by atoms with Gasteiger partial charge in [0, 0.05) is 27.8 Å². The first kappa shape index (κ1) is 14.3. The van der Waals surface area contributed by atoms with Crippen molar-refractivity contribution in [1.29, 1.82) is 0 Å². The molecule has 1 unspecified atom stereocenters. The largest absolute Gasteiger partial charge is 0.481 e. The van der Waals surface area contributed by atoms with Gasteiger partial charge in [-0.2, -0.15) is 0 Å². The molecule has 1 heterocycles. The number of non-ortho nitro benzene ring substituents is 1. The van der Waals surface area contributed by atoms with Crippen LogP contribution in [0.4, 0.5) is 5.69 Å². The van der Waals surface area contributed by atoms with Gasteiger partial charge in [-0.15, -0.1) is 11.8 Å². The van der Waals surface area contributed by atoms with Gasteiger partial charge in [0.2, 0.25) is 0 Å². The van der Waals surface area contributed by atoms with E-state index in [0.29, 0.717) is 10.9 Å². The highest BCUT2D eigenvalue weighted by Crippen LogP contribution is 2.34. The first-order valence-corrected chi connectivity index (χ1v) is 6.77. The second-order valence-corrected chi connectivity index (χ2v) is 5.75. The molecule has 0 saturated carbocycles. The molecule has 1 atom stereocenters. The van der Waals surface area contributed by atoms with Crippen LogP contribution in [-0.4, -0.2) is 26.2 Å². The summed E-state index contributed by atoms with van der Waals surface area (Å²) in [7, 11) is 0. The Morgan fingerprint density at radius 2 is 2.25 bits per heavy atom. The maximum Gasteiger partial charge on any atom is 0.304 e. The Morgan fingerprint density at radius 3 is 2.90 bits per heavy atom. The molecule has 0 fully saturated rings. The third-order valence-electron chi connectivity index (χ3n) is 2.70. The Bertz CT molecular complexity index is 674. The molecule has 0 aliphatic rings. The van der Waals surface area contributed by atoms with Crippen LogP contribution in [0, 0.1) is 10.1 Å². The summed E-state index contributed by atoms with van der Waals surface area (Å²) in [6.07, 6.45) is 1.54. The van der Waals surface area contributed by atoms with Crippen LogP contribution >= 0.6 is 11.8 Å². The SMILES string of the molecule is CC(CC(=O)O)Sc1ccnc2c([N+](=O)[O-])cccc12. The quantitative estimate of drug-likeness (QED) is 0.517. The fraction of sp³-hybridized carbons (Fsp3) is 0.231. The van der Waals surface area contributed by atoms with Crippen LogP contribution in [0.3, 0.4) is 0 Å². The van der Waals surface area contributed by atoms with Crippen molar-refractivity contribution < 1.29 is 14.8 Å². The van der Waals surface area contributed by atoms with Gasteiger partial charge in [-0.05, 0) is 6.07 Å². The van der Waals surface area contributed by atoms with Crippen LogP contribution in [0.1, 0.15) is 13.3 Å². The molecule has 2 aromatic rings. The fourth-order valence-corrected chi connectivity index (χ4v) is 2.98. The van der Waals surface area contributed by atoms with Crippen LogP contribution < -0.4 is 0 Å². The normalized spacial score (nSPS) is 12.2. The molecule has 0 saturated heterocycles. The molecule has 0 spiro atoms. The number of para-hydroxylation sites is 1. The lowest BCUT2D eigenvalue weighted by atomic mass is 10.2. The Kier molecular flexibility index (Phi) is 4.19. The number of hydrogen-bond donors (Lipinski definition) is 1. The zero-order chi connectivity index (χ0) is 14.7. The Balaban J connectivity index is 2.42. The Hall–Kier alpha value is -2.15. The van der Waals surface area contributed by atoms with Gasteiger partial charge in [0.1, 0.15) is 5.52 Å². The highest BCUT2D eigenvalue weighted by atomic mass is 32.2. The molecule has 0 aliphatic carbocycles. The highest BCUT2D eigenvalue weighted by Gasteiger charge is 2.16. The zero-order valence-corrected chi connectivity index (χ0v) is 11.5. The van der Waals surface area contributed by atoms with Crippen molar-refractivity contribution >= 4 is 34.3 Å². The summed E-state index contributed by atoms with van der Waals surface area (Å²) in [5, 5.41) is 20.3. The summed E-state index contributed by atoms with van der Waals surface area (Å²) < 4.78 is 0. The van der Waals surface area contributed by atoms with E-state index in [4.69, 9.17) is 5.11 Å². The number of hydrogen-bond acceptors (Lipinski definition) is 5. The fourth-order valence-electron chi connectivity index (χ4n) is 1.89. The summed E-state index contributed by atoms with van der Waals surface area (Å²) >= 11 is 1.38. The molecular formula is C13H12N2O4S. The van der Waals surface area contributed by atoms with Crippen molar-refractivity contribution in [1.82, 2.24) is 4.98 Å². The molecule has 7 heteroatoms. The third-order valence-corrected chi connectivity index (χ3v) is 3.88. The number of pyridine rings is 1. The van der Waals surface area contributed by atoms with Crippen molar-refractivity contribution in [2.45, 2.75) is 23.5 Å². The average Bonchev–Trinajstić information content (AvgIpc) is 2.37. The minimum absolute atomic E-state index is 0.0312. The number of carbonyl (C=O) groups is 1. The lowest BCUT2D eigenvalue weighted by Crippen LogP contribution is -2.05. The average molecular weight is 292 g/mol. The molecular weight excluding hydrogens is 280 g/mol.